The molecule has 14 nitrogen and oxygen atoms in total. The quantitative estimate of drug-likeness (QED) is 0.0102. The maximum absolute atomic E-state index is 12.8. The largest absolute Gasteiger partial charge is 0.472 e. The molecule has 0 aromatic rings. The van der Waals surface area contributed by atoms with Crippen LogP contribution in [0.2, 0.25) is 0 Å². The third kappa shape index (κ3) is 30.2. The zero-order chi connectivity index (χ0) is 47.3. The SMILES string of the molecule is CCCCCCCCC=CCCCCCCCC(=O)OCC(COP(=O)(O)OC1C(O)C(O)C(O)C(O)C1O)OC(=O)CCC=CCC=CCC=CCC=CCC=CC=CC(O)CC. The molecular weight excluding hydrogens is 843 g/mol. The minimum Gasteiger partial charge on any atom is -0.462 e. The molecule has 0 radical (unpaired) electrons. The number of ether oxygens (including phenoxy) is 2. The molecule has 7 unspecified atom stereocenters. The average Bonchev–Trinajstić information content (AvgIpc) is 3.28. The van der Waals surface area contributed by atoms with E-state index in [-0.39, 0.29) is 12.8 Å². The molecule has 366 valence electrons. The van der Waals surface area contributed by atoms with E-state index in [4.69, 9.17) is 18.5 Å². The predicted octanol–water partition coefficient (Wildman–Crippen LogP) is 8.25. The van der Waals surface area contributed by atoms with Crippen LogP contribution in [-0.2, 0) is 32.7 Å². The van der Waals surface area contributed by atoms with Gasteiger partial charge in [0, 0.05) is 12.8 Å². The Labute approximate surface area is 382 Å². The van der Waals surface area contributed by atoms with Crippen molar-refractivity contribution in [2.75, 3.05) is 13.2 Å². The fourth-order valence-electron chi connectivity index (χ4n) is 6.43. The average molecular weight is 925 g/mol. The van der Waals surface area contributed by atoms with Crippen molar-refractivity contribution >= 4 is 19.8 Å². The van der Waals surface area contributed by atoms with E-state index in [1.807, 2.05) is 49.5 Å². The number of unbranched alkanes of at least 4 members (excludes halogenated alkanes) is 11. The van der Waals surface area contributed by atoms with Gasteiger partial charge >= 0.3 is 19.8 Å². The highest BCUT2D eigenvalue weighted by Crippen LogP contribution is 2.47. The number of hydrogen-bond donors (Lipinski definition) is 7. The first-order valence-corrected chi connectivity index (χ1v) is 25.0. The Morgan fingerprint density at radius 3 is 1.61 bits per heavy atom. The van der Waals surface area contributed by atoms with Crippen LogP contribution in [-0.4, -0.2) is 110 Å². The van der Waals surface area contributed by atoms with Gasteiger partial charge in [-0.2, -0.15) is 0 Å². The lowest BCUT2D eigenvalue weighted by atomic mass is 9.85. The van der Waals surface area contributed by atoms with E-state index >= 15 is 0 Å². The van der Waals surface area contributed by atoms with E-state index in [9.17, 15) is 49.7 Å². The van der Waals surface area contributed by atoms with Crippen LogP contribution in [0, 0.1) is 0 Å². The highest BCUT2D eigenvalue weighted by Gasteiger charge is 2.51. The number of allylic oxidation sites excluding steroid dienone is 13. The summed E-state index contributed by atoms with van der Waals surface area (Å²) >= 11 is 0. The first-order chi connectivity index (χ1) is 30.8. The number of aliphatic hydroxyl groups is 6. The number of rotatable bonds is 37. The lowest BCUT2D eigenvalue weighted by Gasteiger charge is -2.41. The second-order valence-corrected chi connectivity index (χ2v) is 17.5. The zero-order valence-corrected chi connectivity index (χ0v) is 39.3. The summed E-state index contributed by atoms with van der Waals surface area (Å²) in [5.74, 6) is -1.23. The molecule has 0 aromatic heterocycles. The molecule has 0 saturated heterocycles. The first kappa shape index (κ1) is 59.0. The molecule has 0 amide bonds. The van der Waals surface area contributed by atoms with Gasteiger partial charge in [-0.1, -0.05) is 150 Å². The van der Waals surface area contributed by atoms with Gasteiger partial charge in [-0.25, -0.2) is 4.57 Å². The molecule has 0 spiro atoms. The topological polar surface area (TPSA) is 230 Å². The van der Waals surface area contributed by atoms with Gasteiger partial charge in [0.25, 0.3) is 0 Å². The smallest absolute Gasteiger partial charge is 0.462 e. The number of esters is 2. The van der Waals surface area contributed by atoms with Crippen molar-refractivity contribution in [2.24, 2.45) is 0 Å². The molecule has 0 heterocycles. The van der Waals surface area contributed by atoms with Gasteiger partial charge in [0.2, 0.25) is 0 Å². The van der Waals surface area contributed by atoms with Crippen LogP contribution in [0.25, 0.3) is 0 Å². The molecule has 1 rings (SSSR count). The summed E-state index contributed by atoms with van der Waals surface area (Å²) in [4.78, 5) is 35.7. The highest BCUT2D eigenvalue weighted by atomic mass is 31.2. The molecule has 1 aliphatic carbocycles. The fraction of sp³-hybridized carbons (Fsp3) is 0.673. The molecule has 7 atom stereocenters. The van der Waals surface area contributed by atoms with E-state index in [1.165, 1.54) is 38.5 Å². The number of phosphoric acid groups is 1. The summed E-state index contributed by atoms with van der Waals surface area (Å²) in [6.07, 6.45) is 33.1. The summed E-state index contributed by atoms with van der Waals surface area (Å²) in [7, 11) is -5.15. The minimum absolute atomic E-state index is 0.0455. The van der Waals surface area contributed by atoms with E-state index in [0.717, 1.165) is 57.8 Å². The van der Waals surface area contributed by atoms with E-state index in [0.29, 0.717) is 25.7 Å². The maximum Gasteiger partial charge on any atom is 0.472 e. The van der Waals surface area contributed by atoms with Gasteiger partial charge in [-0.05, 0) is 70.6 Å². The Bertz CT molecular complexity index is 1460. The van der Waals surface area contributed by atoms with Crippen LogP contribution in [0.1, 0.15) is 149 Å². The number of phosphoric ester groups is 1. The molecule has 0 aliphatic heterocycles. The van der Waals surface area contributed by atoms with Crippen molar-refractivity contribution in [3.8, 4) is 0 Å². The molecule has 1 aliphatic rings. The number of aliphatic hydroxyl groups excluding tert-OH is 6. The van der Waals surface area contributed by atoms with Gasteiger partial charge < -0.3 is 45.0 Å². The van der Waals surface area contributed by atoms with Crippen LogP contribution in [0.5, 0.6) is 0 Å². The normalized spacial score (nSPS) is 22.8. The molecule has 15 heteroatoms. The highest BCUT2D eigenvalue weighted by molar-refractivity contribution is 7.47. The molecule has 1 fully saturated rings. The van der Waals surface area contributed by atoms with Crippen LogP contribution in [0.4, 0.5) is 0 Å². The standard InChI is InChI=1S/C49H81O14P/c1-3-5-6-7-8-9-10-11-14-18-21-24-27-30-33-36-42(51)60-38-41(39-61-64(58,59)63-49-47(56)45(54)44(53)46(55)48(49)57)62-43(52)37-34-31-28-25-22-19-16-13-12-15-17-20-23-26-29-32-35-40(50)4-2/h11-14,17,19-20,22,26,28-29,31-32,35,40-41,44-50,53-57H,3-10,15-16,18,21,23-25,27,30,33-34,36-39H2,1-2H3,(H,58,59). The van der Waals surface area contributed by atoms with Crippen LogP contribution >= 0.6 is 7.82 Å². The molecule has 7 N–H and O–H groups in total. The minimum atomic E-state index is -5.15. The number of carbonyl (C=O) groups excluding carboxylic acids is 2. The zero-order valence-electron chi connectivity index (χ0n) is 38.4. The summed E-state index contributed by atoms with van der Waals surface area (Å²) in [6, 6.07) is 0. The Morgan fingerprint density at radius 2 is 1.05 bits per heavy atom. The summed E-state index contributed by atoms with van der Waals surface area (Å²) in [6.45, 7) is 2.89. The lowest BCUT2D eigenvalue weighted by molar-refractivity contribution is -0.220. The van der Waals surface area contributed by atoms with Crippen molar-refractivity contribution in [1.29, 1.82) is 0 Å². The van der Waals surface area contributed by atoms with Crippen molar-refractivity contribution in [3.63, 3.8) is 0 Å². The number of carbonyl (C=O) groups is 2. The molecule has 0 aromatic carbocycles. The molecule has 0 bridgehead atoms. The van der Waals surface area contributed by atoms with E-state index < -0.39 is 81.8 Å². The van der Waals surface area contributed by atoms with Gasteiger partial charge in [0.1, 0.15) is 43.2 Å². The Balaban J connectivity index is 2.53. The molecule has 1 saturated carbocycles. The van der Waals surface area contributed by atoms with Crippen molar-refractivity contribution < 1.29 is 68.2 Å². The van der Waals surface area contributed by atoms with Crippen molar-refractivity contribution in [2.45, 2.75) is 198 Å². The van der Waals surface area contributed by atoms with Crippen molar-refractivity contribution in [1.82, 2.24) is 0 Å². The summed E-state index contributed by atoms with van der Waals surface area (Å²) < 4.78 is 33.4. The molecule has 64 heavy (non-hydrogen) atoms. The van der Waals surface area contributed by atoms with E-state index in [2.05, 4.69) is 43.4 Å². The second-order valence-electron chi connectivity index (χ2n) is 16.1. The van der Waals surface area contributed by atoms with Gasteiger partial charge in [0.05, 0.1) is 12.7 Å². The maximum atomic E-state index is 12.8. The van der Waals surface area contributed by atoms with Gasteiger partial charge in [-0.15, -0.1) is 0 Å². The first-order valence-electron chi connectivity index (χ1n) is 23.5. The second kappa shape index (κ2) is 38.1. The van der Waals surface area contributed by atoms with Crippen LogP contribution in [0.15, 0.2) is 85.1 Å². The van der Waals surface area contributed by atoms with Gasteiger partial charge in [0.15, 0.2) is 6.10 Å². The van der Waals surface area contributed by atoms with Crippen molar-refractivity contribution in [3.05, 3.63) is 85.1 Å². The Morgan fingerprint density at radius 1 is 0.562 bits per heavy atom. The summed E-state index contributed by atoms with van der Waals surface area (Å²) in [5.41, 5.74) is 0. The Kier molecular flexibility index (Phi) is 35.2. The van der Waals surface area contributed by atoms with Crippen LogP contribution in [0.3, 0.4) is 0 Å². The molecular formula is C49H81O14P. The monoisotopic (exact) mass is 925 g/mol. The Hall–Kier alpha value is -3.01. The third-order valence-corrected chi connectivity index (χ3v) is 11.4. The van der Waals surface area contributed by atoms with E-state index in [1.54, 1.807) is 6.08 Å². The summed E-state index contributed by atoms with van der Waals surface area (Å²) in [5, 5.41) is 59.6. The fourth-order valence-corrected chi connectivity index (χ4v) is 7.41. The lowest BCUT2D eigenvalue weighted by Crippen LogP contribution is -2.64. The van der Waals surface area contributed by atoms with Crippen LogP contribution < -0.4 is 0 Å². The van der Waals surface area contributed by atoms with Gasteiger partial charge in [-0.3, -0.25) is 18.6 Å². The number of hydrogen-bond acceptors (Lipinski definition) is 13. The third-order valence-electron chi connectivity index (χ3n) is 10.4. The predicted molar refractivity (Wildman–Crippen MR) is 250 cm³/mol.